The molecule has 11 nitrogen and oxygen atoms in total. The Hall–Kier alpha value is -4.78. The molecule has 1 saturated heterocycles. The first kappa shape index (κ1) is 35.1. The van der Waals surface area contributed by atoms with E-state index in [4.69, 9.17) is 30.3 Å². The number of carbonyl (C=O) groups excluding carboxylic acids is 2. The minimum absolute atomic E-state index is 0.0872. The molecule has 3 aromatic carbocycles. The van der Waals surface area contributed by atoms with Crippen molar-refractivity contribution in [3.63, 3.8) is 0 Å². The average Bonchev–Trinajstić information content (AvgIpc) is 3.75. The smallest absolute Gasteiger partial charge is 0.271 e. The van der Waals surface area contributed by atoms with E-state index in [2.05, 4.69) is 35.5 Å². The van der Waals surface area contributed by atoms with Gasteiger partial charge in [-0.3, -0.25) is 14.5 Å². The lowest BCUT2D eigenvalue weighted by Gasteiger charge is -2.32. The molecule has 1 aromatic heterocycles. The second-order valence-corrected chi connectivity index (χ2v) is 14.1. The van der Waals surface area contributed by atoms with Crippen LogP contribution in [0.3, 0.4) is 0 Å². The van der Waals surface area contributed by atoms with Crippen LogP contribution >= 0.6 is 11.8 Å². The lowest BCUT2D eigenvalue weighted by atomic mass is 9.94. The summed E-state index contributed by atoms with van der Waals surface area (Å²) in [7, 11) is 0. The largest absolute Gasteiger partial charge is 0.488 e. The molecule has 1 atom stereocenters. The van der Waals surface area contributed by atoms with Crippen molar-refractivity contribution in [3.05, 3.63) is 118 Å². The first-order valence-electron chi connectivity index (χ1n) is 16.8. The van der Waals surface area contributed by atoms with E-state index in [0.29, 0.717) is 49.7 Å². The molecule has 0 saturated carbocycles. The number of hydroxylamine groups is 1. The third-order valence-corrected chi connectivity index (χ3v) is 9.83. The number of primary amides is 2. The molecule has 2 amide bonds. The fourth-order valence-electron chi connectivity index (χ4n) is 6.11. The summed E-state index contributed by atoms with van der Waals surface area (Å²) in [6.45, 7) is 6.98. The van der Waals surface area contributed by atoms with Crippen molar-refractivity contribution in [1.29, 1.82) is 0 Å². The Kier molecular flexibility index (Phi) is 11.1. The highest BCUT2D eigenvalue weighted by Crippen LogP contribution is 2.37. The average molecular weight is 698 g/mol. The highest BCUT2D eigenvalue weighted by atomic mass is 32.2. The van der Waals surface area contributed by atoms with Gasteiger partial charge in [-0.25, -0.2) is 0 Å². The SMILES string of the molecule is CC(C)c1cc(CCc2onc(C(N)=O)c2C2=CC(CN3CCSCC3)(C(N)=O)NO2)c(OCc2ccccc2)cc1OCc1ccccc1. The van der Waals surface area contributed by atoms with E-state index < -0.39 is 17.4 Å². The van der Waals surface area contributed by atoms with Crippen LogP contribution in [0.25, 0.3) is 5.76 Å². The van der Waals surface area contributed by atoms with Gasteiger partial charge in [-0.1, -0.05) is 79.7 Å². The van der Waals surface area contributed by atoms with Gasteiger partial charge in [0.05, 0.1) is 5.56 Å². The quantitative estimate of drug-likeness (QED) is 0.155. The fraction of sp³-hybridized carbons (Fsp3) is 0.342. The Morgan fingerprint density at radius 2 is 1.58 bits per heavy atom. The number of rotatable bonds is 15. The van der Waals surface area contributed by atoms with Crippen LogP contribution in [0.2, 0.25) is 0 Å². The summed E-state index contributed by atoms with van der Waals surface area (Å²) in [5.74, 6) is 2.72. The predicted molar refractivity (Wildman–Crippen MR) is 192 cm³/mol. The monoisotopic (exact) mass is 697 g/mol. The van der Waals surface area contributed by atoms with Gasteiger partial charge in [-0.15, -0.1) is 5.48 Å². The maximum Gasteiger partial charge on any atom is 0.271 e. The second-order valence-electron chi connectivity index (χ2n) is 12.8. The minimum Gasteiger partial charge on any atom is -0.488 e. The second kappa shape index (κ2) is 15.8. The highest BCUT2D eigenvalue weighted by molar-refractivity contribution is 7.99. The van der Waals surface area contributed by atoms with Gasteiger partial charge in [-0.05, 0) is 46.7 Å². The van der Waals surface area contributed by atoms with Gasteiger partial charge < -0.3 is 30.3 Å². The molecule has 0 aliphatic carbocycles. The van der Waals surface area contributed by atoms with E-state index >= 15 is 0 Å². The van der Waals surface area contributed by atoms with Gasteiger partial charge >= 0.3 is 0 Å². The van der Waals surface area contributed by atoms with Crippen molar-refractivity contribution < 1.29 is 28.4 Å². The Labute approximate surface area is 296 Å². The van der Waals surface area contributed by atoms with E-state index in [1.165, 1.54) is 0 Å². The molecule has 262 valence electrons. The summed E-state index contributed by atoms with van der Waals surface area (Å²) in [6.07, 6.45) is 2.41. The van der Waals surface area contributed by atoms with E-state index in [9.17, 15) is 9.59 Å². The molecule has 3 heterocycles. The van der Waals surface area contributed by atoms with Crippen LogP contribution in [-0.4, -0.2) is 58.5 Å². The van der Waals surface area contributed by atoms with Gasteiger partial charge in [0.15, 0.2) is 17.0 Å². The number of amides is 2. The molecular weight excluding hydrogens is 655 g/mol. The number of carbonyl (C=O) groups is 2. The van der Waals surface area contributed by atoms with Crippen LogP contribution in [0.1, 0.15) is 63.8 Å². The standard InChI is InChI=1S/C38H43N5O6S/c1-25(2)29-19-28(31(46-22-26-9-5-3-6-10-26)20-32(29)47-23-27-11-7-4-8-12-27)13-14-30-34(35(36(39)44)41-48-30)33-21-38(37(40)45,42-49-33)24-43-15-17-50-18-16-43/h3-12,19-21,25,42H,13-18,22-24H2,1-2H3,(H2,39,44)(H2,40,45). The molecule has 2 aliphatic heterocycles. The molecule has 2 aliphatic rings. The highest BCUT2D eigenvalue weighted by Gasteiger charge is 2.44. The minimum atomic E-state index is -1.30. The number of nitrogens with two attached hydrogens (primary N) is 2. The van der Waals surface area contributed by atoms with Gasteiger partial charge in [0.1, 0.15) is 30.5 Å². The number of aromatic nitrogens is 1. The summed E-state index contributed by atoms with van der Waals surface area (Å²) in [5.41, 5.74) is 17.4. The molecule has 0 radical (unpaired) electrons. The number of nitrogens with zero attached hydrogens (tertiary/aromatic N) is 2. The van der Waals surface area contributed by atoms with E-state index in [0.717, 1.165) is 52.6 Å². The summed E-state index contributed by atoms with van der Waals surface area (Å²) in [4.78, 5) is 33.4. The Morgan fingerprint density at radius 1 is 0.940 bits per heavy atom. The predicted octanol–water partition coefficient (Wildman–Crippen LogP) is 4.99. The van der Waals surface area contributed by atoms with E-state index in [1.807, 2.05) is 78.5 Å². The molecular formula is C38H43N5O6S. The third kappa shape index (κ3) is 8.15. The molecule has 0 spiro atoms. The molecule has 1 unspecified atom stereocenters. The lowest BCUT2D eigenvalue weighted by molar-refractivity contribution is -0.125. The molecule has 12 heteroatoms. The van der Waals surface area contributed by atoms with Crippen molar-refractivity contribution in [3.8, 4) is 11.5 Å². The number of hydrogen-bond acceptors (Lipinski definition) is 10. The Balaban J connectivity index is 1.30. The summed E-state index contributed by atoms with van der Waals surface area (Å²) in [6, 6.07) is 24.0. The molecule has 1 fully saturated rings. The zero-order valence-electron chi connectivity index (χ0n) is 28.4. The maximum atomic E-state index is 12.8. The molecule has 5 N–H and O–H groups in total. The van der Waals surface area contributed by atoms with Crippen LogP contribution in [0.5, 0.6) is 11.5 Å². The molecule has 0 bridgehead atoms. The van der Waals surface area contributed by atoms with Crippen LogP contribution in [0.15, 0.2) is 83.4 Å². The number of ether oxygens (including phenoxy) is 2. The molecule has 50 heavy (non-hydrogen) atoms. The fourth-order valence-corrected chi connectivity index (χ4v) is 7.09. The zero-order valence-corrected chi connectivity index (χ0v) is 29.2. The van der Waals surface area contributed by atoms with Crippen molar-refractivity contribution in [2.45, 2.75) is 51.4 Å². The normalized spacial score (nSPS) is 17.7. The van der Waals surface area contributed by atoms with Gasteiger partial charge in [0.2, 0.25) is 5.91 Å². The van der Waals surface area contributed by atoms with E-state index in [-0.39, 0.29) is 17.4 Å². The first-order chi connectivity index (χ1) is 24.2. The van der Waals surface area contributed by atoms with Crippen molar-refractivity contribution >= 4 is 29.3 Å². The number of nitrogens with one attached hydrogen (secondary N) is 1. The molecule has 4 aromatic rings. The Bertz CT molecular complexity index is 1820. The topological polar surface area (TPSA) is 155 Å². The maximum absolute atomic E-state index is 12.8. The van der Waals surface area contributed by atoms with Crippen LogP contribution in [-0.2, 0) is 35.7 Å². The van der Waals surface area contributed by atoms with Crippen molar-refractivity contribution in [2.24, 2.45) is 11.5 Å². The third-order valence-electron chi connectivity index (χ3n) is 8.89. The van der Waals surface area contributed by atoms with Crippen LogP contribution < -0.4 is 26.4 Å². The number of aryl methyl sites for hydroxylation is 2. The van der Waals surface area contributed by atoms with Gasteiger partial charge in [0.25, 0.3) is 5.91 Å². The Morgan fingerprint density at radius 3 is 2.18 bits per heavy atom. The molecule has 6 rings (SSSR count). The number of benzene rings is 3. The summed E-state index contributed by atoms with van der Waals surface area (Å²) < 4.78 is 18.5. The van der Waals surface area contributed by atoms with Crippen LogP contribution in [0.4, 0.5) is 0 Å². The van der Waals surface area contributed by atoms with Crippen LogP contribution in [0, 0.1) is 0 Å². The number of hydrogen-bond donors (Lipinski definition) is 3. The zero-order chi connectivity index (χ0) is 35.1. The lowest BCUT2D eigenvalue weighted by Crippen LogP contribution is -2.58. The summed E-state index contributed by atoms with van der Waals surface area (Å²) >= 11 is 1.87. The first-order valence-corrected chi connectivity index (χ1v) is 17.9. The summed E-state index contributed by atoms with van der Waals surface area (Å²) in [5, 5.41) is 4.01. The van der Waals surface area contributed by atoms with Crippen molar-refractivity contribution in [1.82, 2.24) is 15.5 Å². The van der Waals surface area contributed by atoms with E-state index in [1.54, 1.807) is 6.08 Å². The van der Waals surface area contributed by atoms with Crippen molar-refractivity contribution in [2.75, 3.05) is 31.1 Å². The van der Waals surface area contributed by atoms with Gasteiger partial charge in [0, 0.05) is 43.6 Å². The van der Waals surface area contributed by atoms with Gasteiger partial charge in [-0.2, -0.15) is 11.8 Å². The number of thioether (sulfide) groups is 1.